The largest absolute Gasteiger partial charge is 0.355 e. The van der Waals surface area contributed by atoms with Gasteiger partial charge >= 0.3 is 0 Å². The minimum atomic E-state index is -0.0570. The highest BCUT2D eigenvalue weighted by Gasteiger charge is 2.05. The Labute approximate surface area is 119 Å². The molecule has 0 radical (unpaired) electrons. The number of hydrogen-bond donors (Lipinski definition) is 1. The molecule has 0 spiro atoms. The molecule has 104 valence electrons. The maximum atomic E-state index is 11.5. The number of aromatic nitrogens is 1. The quantitative estimate of drug-likeness (QED) is 0.904. The number of rotatable bonds is 5. The predicted molar refractivity (Wildman–Crippen MR) is 79.2 cm³/mol. The number of amides is 1. The van der Waals surface area contributed by atoms with Gasteiger partial charge in [-0.05, 0) is 36.9 Å². The third-order valence-electron chi connectivity index (χ3n) is 3.05. The maximum absolute atomic E-state index is 11.5. The minimum Gasteiger partial charge on any atom is -0.355 e. The first kappa shape index (κ1) is 14.2. The van der Waals surface area contributed by atoms with Crippen molar-refractivity contribution in [1.82, 2.24) is 15.2 Å². The minimum absolute atomic E-state index is 0.0570. The van der Waals surface area contributed by atoms with Crippen molar-refractivity contribution >= 4 is 5.91 Å². The van der Waals surface area contributed by atoms with E-state index < -0.39 is 0 Å². The number of nitrogens with zero attached hydrogens (tertiary/aromatic N) is 2. The van der Waals surface area contributed by atoms with Crippen LogP contribution in [0.4, 0.5) is 0 Å². The van der Waals surface area contributed by atoms with E-state index in [0.29, 0.717) is 5.56 Å². The summed E-state index contributed by atoms with van der Waals surface area (Å²) >= 11 is 0. The van der Waals surface area contributed by atoms with Crippen LogP contribution in [-0.4, -0.2) is 29.9 Å². The first-order valence-electron chi connectivity index (χ1n) is 6.58. The molecular weight excluding hydrogens is 250 g/mol. The van der Waals surface area contributed by atoms with Crippen LogP contribution in [0.3, 0.4) is 0 Å². The van der Waals surface area contributed by atoms with Crippen LogP contribution in [0.15, 0.2) is 48.7 Å². The Hall–Kier alpha value is -2.20. The summed E-state index contributed by atoms with van der Waals surface area (Å²) in [6, 6.07) is 13.6. The van der Waals surface area contributed by atoms with Gasteiger partial charge in [0.1, 0.15) is 0 Å². The van der Waals surface area contributed by atoms with Gasteiger partial charge in [-0.3, -0.25) is 14.7 Å². The molecule has 0 fully saturated rings. The number of carbonyl (C=O) groups is 1. The van der Waals surface area contributed by atoms with Gasteiger partial charge in [0.2, 0.25) is 0 Å². The first-order chi connectivity index (χ1) is 9.69. The van der Waals surface area contributed by atoms with Crippen molar-refractivity contribution in [2.45, 2.75) is 13.1 Å². The van der Waals surface area contributed by atoms with Gasteiger partial charge in [-0.15, -0.1) is 0 Å². The zero-order valence-corrected chi connectivity index (χ0v) is 11.8. The summed E-state index contributed by atoms with van der Waals surface area (Å²) in [4.78, 5) is 18.0. The zero-order valence-electron chi connectivity index (χ0n) is 11.8. The molecule has 0 bridgehead atoms. The molecule has 0 unspecified atom stereocenters. The van der Waals surface area contributed by atoms with Crippen LogP contribution in [0.5, 0.6) is 0 Å². The summed E-state index contributed by atoms with van der Waals surface area (Å²) < 4.78 is 0. The molecule has 0 aliphatic carbocycles. The van der Waals surface area contributed by atoms with Crippen molar-refractivity contribution in [3.05, 3.63) is 65.5 Å². The molecule has 0 aliphatic heterocycles. The van der Waals surface area contributed by atoms with Crippen LogP contribution in [0.25, 0.3) is 0 Å². The van der Waals surface area contributed by atoms with Crippen molar-refractivity contribution in [1.29, 1.82) is 0 Å². The molecule has 4 nitrogen and oxygen atoms in total. The standard InChI is InChI=1S/C16H19N3O/c1-17-16(20)14-8-6-13(7-9-14)11-19(2)12-15-5-3-4-10-18-15/h3-10H,11-12H2,1-2H3,(H,17,20). The molecule has 2 rings (SSSR count). The van der Waals surface area contributed by atoms with Gasteiger partial charge in [0.25, 0.3) is 5.91 Å². The molecule has 1 N–H and O–H groups in total. The Balaban J connectivity index is 1.94. The average molecular weight is 269 g/mol. The van der Waals surface area contributed by atoms with Gasteiger partial charge in [0.05, 0.1) is 5.69 Å². The molecule has 1 aromatic heterocycles. The van der Waals surface area contributed by atoms with E-state index in [1.807, 2.05) is 42.5 Å². The predicted octanol–water partition coefficient (Wildman–Crippen LogP) is 2.07. The van der Waals surface area contributed by atoms with E-state index >= 15 is 0 Å². The lowest BCUT2D eigenvalue weighted by atomic mass is 10.1. The summed E-state index contributed by atoms with van der Waals surface area (Å²) in [6.45, 7) is 1.63. The van der Waals surface area contributed by atoms with Crippen molar-refractivity contribution in [2.24, 2.45) is 0 Å². The van der Waals surface area contributed by atoms with Crippen molar-refractivity contribution < 1.29 is 4.79 Å². The molecule has 0 atom stereocenters. The monoisotopic (exact) mass is 269 g/mol. The fourth-order valence-corrected chi connectivity index (χ4v) is 2.04. The molecule has 1 heterocycles. The van der Waals surface area contributed by atoms with E-state index in [1.165, 1.54) is 5.56 Å². The third-order valence-corrected chi connectivity index (χ3v) is 3.05. The van der Waals surface area contributed by atoms with Gasteiger partial charge in [-0.25, -0.2) is 0 Å². The molecular formula is C16H19N3O. The Bertz CT molecular complexity index is 552. The molecule has 0 saturated carbocycles. The lowest BCUT2D eigenvalue weighted by Gasteiger charge is -2.16. The Kier molecular flexibility index (Phi) is 4.85. The second-order valence-corrected chi connectivity index (χ2v) is 4.77. The summed E-state index contributed by atoms with van der Waals surface area (Å²) in [5, 5.41) is 2.62. The number of hydrogen-bond acceptors (Lipinski definition) is 3. The Morgan fingerprint density at radius 3 is 2.50 bits per heavy atom. The fourth-order valence-electron chi connectivity index (χ4n) is 2.04. The lowest BCUT2D eigenvalue weighted by Crippen LogP contribution is -2.19. The number of pyridine rings is 1. The first-order valence-corrected chi connectivity index (χ1v) is 6.58. The van der Waals surface area contributed by atoms with E-state index in [-0.39, 0.29) is 5.91 Å². The van der Waals surface area contributed by atoms with Crippen LogP contribution < -0.4 is 5.32 Å². The van der Waals surface area contributed by atoms with Gasteiger partial charge in [0.15, 0.2) is 0 Å². The van der Waals surface area contributed by atoms with Crippen LogP contribution in [-0.2, 0) is 13.1 Å². The highest BCUT2D eigenvalue weighted by molar-refractivity contribution is 5.93. The zero-order chi connectivity index (χ0) is 14.4. The summed E-state index contributed by atoms with van der Waals surface area (Å²) in [5.74, 6) is -0.0570. The third kappa shape index (κ3) is 3.90. The lowest BCUT2D eigenvalue weighted by molar-refractivity contribution is 0.0963. The van der Waals surface area contributed by atoms with Gasteiger partial charge in [-0.1, -0.05) is 18.2 Å². The molecule has 0 aliphatic rings. The van der Waals surface area contributed by atoms with Crippen LogP contribution in [0.1, 0.15) is 21.6 Å². The Morgan fingerprint density at radius 1 is 1.15 bits per heavy atom. The van der Waals surface area contributed by atoms with Crippen molar-refractivity contribution in [3.8, 4) is 0 Å². The SMILES string of the molecule is CNC(=O)c1ccc(CN(C)Cc2ccccn2)cc1. The Morgan fingerprint density at radius 2 is 1.90 bits per heavy atom. The smallest absolute Gasteiger partial charge is 0.251 e. The summed E-state index contributed by atoms with van der Waals surface area (Å²) in [6.07, 6.45) is 1.81. The van der Waals surface area contributed by atoms with Gasteiger partial charge in [-0.2, -0.15) is 0 Å². The molecule has 2 aromatic rings. The number of carbonyl (C=O) groups excluding carboxylic acids is 1. The molecule has 0 saturated heterocycles. The average Bonchev–Trinajstić information content (AvgIpc) is 2.48. The van der Waals surface area contributed by atoms with E-state index in [4.69, 9.17) is 0 Å². The van der Waals surface area contributed by atoms with E-state index in [2.05, 4.69) is 22.2 Å². The van der Waals surface area contributed by atoms with Crippen LogP contribution in [0, 0.1) is 0 Å². The molecule has 1 aromatic carbocycles. The highest BCUT2D eigenvalue weighted by atomic mass is 16.1. The van der Waals surface area contributed by atoms with E-state index in [1.54, 1.807) is 13.2 Å². The second kappa shape index (κ2) is 6.82. The number of nitrogens with one attached hydrogen (secondary N) is 1. The van der Waals surface area contributed by atoms with E-state index in [0.717, 1.165) is 18.8 Å². The second-order valence-electron chi connectivity index (χ2n) is 4.77. The summed E-state index contributed by atoms with van der Waals surface area (Å²) in [5.41, 5.74) is 2.91. The summed E-state index contributed by atoms with van der Waals surface area (Å²) in [7, 11) is 3.69. The molecule has 1 amide bonds. The molecule has 4 heteroatoms. The normalized spacial score (nSPS) is 10.6. The van der Waals surface area contributed by atoms with Gasteiger partial charge < -0.3 is 5.32 Å². The number of benzene rings is 1. The fraction of sp³-hybridized carbons (Fsp3) is 0.250. The van der Waals surface area contributed by atoms with Crippen LogP contribution in [0.2, 0.25) is 0 Å². The highest BCUT2D eigenvalue weighted by Crippen LogP contribution is 2.08. The van der Waals surface area contributed by atoms with Crippen LogP contribution >= 0.6 is 0 Å². The van der Waals surface area contributed by atoms with Crippen molar-refractivity contribution in [3.63, 3.8) is 0 Å². The van der Waals surface area contributed by atoms with E-state index in [9.17, 15) is 4.79 Å². The van der Waals surface area contributed by atoms with Gasteiger partial charge in [0, 0.05) is 31.9 Å². The van der Waals surface area contributed by atoms with Crippen molar-refractivity contribution in [2.75, 3.05) is 14.1 Å². The molecule has 20 heavy (non-hydrogen) atoms. The maximum Gasteiger partial charge on any atom is 0.251 e. The topological polar surface area (TPSA) is 45.2 Å².